The lowest BCUT2D eigenvalue weighted by molar-refractivity contribution is -0.0442. The van der Waals surface area contributed by atoms with E-state index in [1.165, 1.54) is 17.8 Å². The van der Waals surface area contributed by atoms with Crippen molar-refractivity contribution in [2.45, 2.75) is 39.0 Å². The van der Waals surface area contributed by atoms with Crippen molar-refractivity contribution in [2.24, 2.45) is 11.8 Å². The van der Waals surface area contributed by atoms with Crippen LogP contribution in [0.15, 0.2) is 6.20 Å². The molecule has 1 aliphatic carbocycles. The van der Waals surface area contributed by atoms with Gasteiger partial charge in [0.2, 0.25) is 6.29 Å². The summed E-state index contributed by atoms with van der Waals surface area (Å²) in [4.78, 5) is 17.0. The SMILES string of the molecule is CC(C)C[C@@H]1C[C@H]1NC(=O)c1cnc(C2OCCO2)s1. The Morgan fingerprint density at radius 1 is 1.50 bits per heavy atom. The molecule has 0 spiro atoms. The van der Waals surface area contributed by atoms with Crippen LogP contribution in [-0.2, 0) is 9.47 Å². The van der Waals surface area contributed by atoms with Gasteiger partial charge in [-0.25, -0.2) is 4.98 Å². The van der Waals surface area contributed by atoms with Gasteiger partial charge in [0.1, 0.15) is 9.88 Å². The molecule has 1 amide bonds. The van der Waals surface area contributed by atoms with Crippen molar-refractivity contribution < 1.29 is 14.3 Å². The minimum Gasteiger partial charge on any atom is -0.348 e. The average molecular weight is 296 g/mol. The fourth-order valence-electron chi connectivity index (χ4n) is 2.53. The highest BCUT2D eigenvalue weighted by Crippen LogP contribution is 2.36. The molecule has 0 bridgehead atoms. The maximum atomic E-state index is 12.1. The summed E-state index contributed by atoms with van der Waals surface area (Å²) in [7, 11) is 0. The van der Waals surface area contributed by atoms with Crippen molar-refractivity contribution in [1.29, 1.82) is 0 Å². The van der Waals surface area contributed by atoms with Crippen LogP contribution in [0.3, 0.4) is 0 Å². The summed E-state index contributed by atoms with van der Waals surface area (Å²) >= 11 is 1.35. The lowest BCUT2D eigenvalue weighted by Crippen LogP contribution is -2.26. The van der Waals surface area contributed by atoms with Crippen molar-refractivity contribution in [1.82, 2.24) is 10.3 Å². The first-order chi connectivity index (χ1) is 9.63. The van der Waals surface area contributed by atoms with Crippen LogP contribution in [0.5, 0.6) is 0 Å². The van der Waals surface area contributed by atoms with Crippen LogP contribution >= 0.6 is 11.3 Å². The van der Waals surface area contributed by atoms with Gasteiger partial charge in [-0.1, -0.05) is 13.8 Å². The van der Waals surface area contributed by atoms with Crippen molar-refractivity contribution in [3.63, 3.8) is 0 Å². The normalized spacial score (nSPS) is 26.1. The molecule has 1 saturated heterocycles. The van der Waals surface area contributed by atoms with Crippen LogP contribution in [0.25, 0.3) is 0 Å². The average Bonchev–Trinajstić information content (AvgIpc) is 2.92. The summed E-state index contributed by atoms with van der Waals surface area (Å²) in [5, 5.41) is 3.80. The number of hydrogen-bond acceptors (Lipinski definition) is 5. The molecule has 110 valence electrons. The van der Waals surface area contributed by atoms with E-state index in [1.54, 1.807) is 6.20 Å². The van der Waals surface area contributed by atoms with E-state index in [2.05, 4.69) is 24.1 Å². The number of nitrogens with zero attached hydrogens (tertiary/aromatic N) is 1. The van der Waals surface area contributed by atoms with E-state index in [9.17, 15) is 4.79 Å². The van der Waals surface area contributed by atoms with Gasteiger partial charge in [-0.3, -0.25) is 4.79 Å². The van der Waals surface area contributed by atoms with Gasteiger partial charge in [-0.05, 0) is 24.7 Å². The quantitative estimate of drug-likeness (QED) is 0.906. The summed E-state index contributed by atoms with van der Waals surface area (Å²) in [6, 6.07) is 0.342. The molecule has 1 saturated carbocycles. The molecule has 2 heterocycles. The van der Waals surface area contributed by atoms with Crippen LogP contribution in [0.1, 0.15) is 47.7 Å². The van der Waals surface area contributed by atoms with E-state index in [-0.39, 0.29) is 5.91 Å². The molecule has 0 radical (unpaired) electrons. The van der Waals surface area contributed by atoms with Crippen LogP contribution < -0.4 is 5.32 Å². The van der Waals surface area contributed by atoms with Crippen LogP contribution in [-0.4, -0.2) is 30.1 Å². The van der Waals surface area contributed by atoms with Crippen LogP contribution in [0, 0.1) is 11.8 Å². The molecule has 20 heavy (non-hydrogen) atoms. The Labute approximate surface area is 122 Å². The zero-order valence-electron chi connectivity index (χ0n) is 11.8. The summed E-state index contributed by atoms with van der Waals surface area (Å²) in [6.45, 7) is 5.61. The van der Waals surface area contributed by atoms with E-state index < -0.39 is 6.29 Å². The fraction of sp³-hybridized carbons (Fsp3) is 0.714. The minimum absolute atomic E-state index is 0.0250. The van der Waals surface area contributed by atoms with Crippen LogP contribution in [0.4, 0.5) is 0 Å². The summed E-state index contributed by atoms with van der Waals surface area (Å²) in [5.41, 5.74) is 0. The molecule has 3 rings (SSSR count). The second-order valence-corrected chi connectivity index (χ2v) is 6.90. The Bertz CT molecular complexity index is 483. The molecular formula is C14H20N2O3S. The number of amides is 1. The second kappa shape index (κ2) is 5.79. The van der Waals surface area contributed by atoms with Crippen molar-refractivity contribution >= 4 is 17.2 Å². The van der Waals surface area contributed by atoms with Gasteiger partial charge < -0.3 is 14.8 Å². The summed E-state index contributed by atoms with van der Waals surface area (Å²) in [5.74, 6) is 1.31. The number of rotatable bonds is 5. The molecule has 0 aromatic carbocycles. The molecular weight excluding hydrogens is 276 g/mol. The largest absolute Gasteiger partial charge is 0.348 e. The Morgan fingerprint density at radius 3 is 2.95 bits per heavy atom. The molecule has 1 aromatic rings. The molecule has 2 atom stereocenters. The van der Waals surface area contributed by atoms with Gasteiger partial charge in [0, 0.05) is 6.04 Å². The van der Waals surface area contributed by atoms with Crippen molar-refractivity contribution in [2.75, 3.05) is 13.2 Å². The molecule has 0 unspecified atom stereocenters. The highest BCUT2D eigenvalue weighted by molar-refractivity contribution is 7.13. The van der Waals surface area contributed by atoms with Gasteiger partial charge >= 0.3 is 0 Å². The Morgan fingerprint density at radius 2 is 2.25 bits per heavy atom. The van der Waals surface area contributed by atoms with Crippen LogP contribution in [0.2, 0.25) is 0 Å². The maximum Gasteiger partial charge on any atom is 0.263 e. The first-order valence-electron chi connectivity index (χ1n) is 7.13. The Balaban J connectivity index is 1.53. The van der Waals surface area contributed by atoms with E-state index >= 15 is 0 Å². The lowest BCUT2D eigenvalue weighted by atomic mass is 10.1. The van der Waals surface area contributed by atoms with E-state index in [4.69, 9.17) is 9.47 Å². The van der Waals surface area contributed by atoms with E-state index in [1.807, 2.05) is 0 Å². The molecule has 1 N–H and O–H groups in total. The lowest BCUT2D eigenvalue weighted by Gasteiger charge is -2.05. The zero-order chi connectivity index (χ0) is 14.1. The number of nitrogens with one attached hydrogen (secondary N) is 1. The zero-order valence-corrected chi connectivity index (χ0v) is 12.6. The molecule has 6 heteroatoms. The monoisotopic (exact) mass is 296 g/mol. The maximum absolute atomic E-state index is 12.1. The van der Waals surface area contributed by atoms with E-state index in [0.717, 1.165) is 11.4 Å². The van der Waals surface area contributed by atoms with E-state index in [0.29, 0.717) is 36.0 Å². The fourth-order valence-corrected chi connectivity index (χ4v) is 3.35. The molecule has 5 nitrogen and oxygen atoms in total. The second-order valence-electron chi connectivity index (χ2n) is 5.84. The highest BCUT2D eigenvalue weighted by Gasteiger charge is 2.38. The highest BCUT2D eigenvalue weighted by atomic mass is 32.1. The number of thiazole rings is 1. The van der Waals surface area contributed by atoms with Gasteiger partial charge in [-0.2, -0.15) is 0 Å². The van der Waals surface area contributed by atoms with Gasteiger partial charge in [0.25, 0.3) is 5.91 Å². The number of carbonyl (C=O) groups is 1. The van der Waals surface area contributed by atoms with Gasteiger partial charge in [0.15, 0.2) is 0 Å². The third-order valence-corrected chi connectivity index (χ3v) is 4.60. The first-order valence-corrected chi connectivity index (χ1v) is 7.95. The summed E-state index contributed by atoms with van der Waals surface area (Å²) in [6.07, 6.45) is 3.50. The van der Waals surface area contributed by atoms with Crippen molar-refractivity contribution in [3.05, 3.63) is 16.1 Å². The number of ether oxygens (including phenoxy) is 2. The summed E-state index contributed by atoms with van der Waals surface area (Å²) < 4.78 is 10.8. The smallest absolute Gasteiger partial charge is 0.263 e. The Hall–Kier alpha value is -0.980. The molecule has 2 aliphatic rings. The molecule has 2 fully saturated rings. The minimum atomic E-state index is -0.392. The first kappa shape index (κ1) is 14.0. The third-order valence-electron chi connectivity index (χ3n) is 3.58. The van der Waals surface area contributed by atoms with Crippen molar-refractivity contribution in [3.8, 4) is 0 Å². The molecule has 1 aromatic heterocycles. The molecule has 1 aliphatic heterocycles. The topological polar surface area (TPSA) is 60.5 Å². The Kier molecular flexibility index (Phi) is 4.05. The number of hydrogen-bond donors (Lipinski definition) is 1. The number of carbonyl (C=O) groups excluding carboxylic acids is 1. The predicted octanol–water partition coefficient (Wildman–Crippen LogP) is 2.35. The van der Waals surface area contributed by atoms with Gasteiger partial charge in [0.05, 0.1) is 19.4 Å². The number of aromatic nitrogens is 1. The standard InChI is InChI=1S/C14H20N2O3S/c1-8(2)5-9-6-10(9)16-12(17)11-7-15-13(20-11)14-18-3-4-19-14/h7-10,14H,3-6H2,1-2H3,(H,16,17)/t9-,10-/m1/s1. The van der Waals surface area contributed by atoms with Gasteiger partial charge in [-0.15, -0.1) is 11.3 Å². The third kappa shape index (κ3) is 3.19. The predicted molar refractivity (Wildman–Crippen MR) is 75.6 cm³/mol.